The van der Waals surface area contributed by atoms with Crippen LogP contribution in [0.5, 0.6) is 0 Å². The summed E-state index contributed by atoms with van der Waals surface area (Å²) in [6, 6.07) is 0. The first kappa shape index (κ1) is 29.5. The molecule has 0 aliphatic heterocycles. The molecule has 0 aromatic carbocycles. The van der Waals surface area contributed by atoms with Crippen molar-refractivity contribution < 1.29 is 48.0 Å². The van der Waals surface area contributed by atoms with Gasteiger partial charge < -0.3 is 28.8 Å². The molecular weight excluding hydrogens is 424 g/mol. The van der Waals surface area contributed by atoms with Crippen LogP contribution in [0.4, 0.5) is 9.59 Å². The van der Waals surface area contributed by atoms with Gasteiger partial charge in [-0.15, -0.1) is 0 Å². The van der Waals surface area contributed by atoms with Crippen molar-refractivity contribution in [2.24, 2.45) is 5.92 Å². The molecule has 0 aromatic rings. The van der Waals surface area contributed by atoms with Crippen molar-refractivity contribution in [1.29, 1.82) is 0 Å². The number of unbranched alkanes of at least 4 members (excludes halogenated alkanes) is 6. The standard InChI is InChI=1S/C22H38O10/c1-5-28-21(26)30-16(3)18(20(25)31-17(4)32-22(27)29-6-2)14-12-10-8-7-9-11-13-15-19(23)24/h16-18H,5-15H2,1-4H3,(H,23,24). The maximum Gasteiger partial charge on any atom is 0.511 e. The van der Waals surface area contributed by atoms with Gasteiger partial charge in [-0.25, -0.2) is 9.59 Å². The zero-order chi connectivity index (χ0) is 24.4. The van der Waals surface area contributed by atoms with Gasteiger partial charge in [0.1, 0.15) is 6.10 Å². The monoisotopic (exact) mass is 462 g/mol. The Balaban J connectivity index is 4.57. The van der Waals surface area contributed by atoms with Crippen molar-refractivity contribution in [3.63, 3.8) is 0 Å². The maximum atomic E-state index is 12.6. The molecule has 1 N–H and O–H groups in total. The summed E-state index contributed by atoms with van der Waals surface area (Å²) in [5, 5.41) is 8.63. The van der Waals surface area contributed by atoms with Crippen molar-refractivity contribution in [1.82, 2.24) is 0 Å². The van der Waals surface area contributed by atoms with Gasteiger partial charge in [-0.05, 0) is 33.6 Å². The number of ether oxygens (including phenoxy) is 5. The molecule has 0 aromatic heterocycles. The van der Waals surface area contributed by atoms with E-state index in [1.807, 2.05) is 0 Å². The number of carboxylic acids is 1. The molecule has 0 bridgehead atoms. The second-order valence-electron chi connectivity index (χ2n) is 7.33. The molecule has 0 saturated heterocycles. The summed E-state index contributed by atoms with van der Waals surface area (Å²) >= 11 is 0. The summed E-state index contributed by atoms with van der Waals surface area (Å²) in [5.74, 6) is -2.17. The van der Waals surface area contributed by atoms with Crippen molar-refractivity contribution >= 4 is 24.2 Å². The van der Waals surface area contributed by atoms with E-state index in [-0.39, 0.29) is 19.6 Å². The Morgan fingerprint density at radius 3 is 1.75 bits per heavy atom. The van der Waals surface area contributed by atoms with Crippen molar-refractivity contribution in [3.8, 4) is 0 Å². The van der Waals surface area contributed by atoms with Gasteiger partial charge in [-0.2, -0.15) is 0 Å². The molecule has 0 rings (SSSR count). The molecule has 0 heterocycles. The zero-order valence-electron chi connectivity index (χ0n) is 19.6. The normalized spacial score (nSPS) is 13.4. The molecule has 0 radical (unpaired) electrons. The molecule has 0 fully saturated rings. The Labute approximate surface area is 189 Å². The van der Waals surface area contributed by atoms with Crippen LogP contribution < -0.4 is 0 Å². The number of hydrogen-bond donors (Lipinski definition) is 1. The van der Waals surface area contributed by atoms with Crippen LogP contribution in [0.25, 0.3) is 0 Å². The predicted molar refractivity (Wildman–Crippen MR) is 114 cm³/mol. The maximum absolute atomic E-state index is 12.6. The number of esters is 1. The highest BCUT2D eigenvalue weighted by Gasteiger charge is 2.31. The van der Waals surface area contributed by atoms with Gasteiger partial charge in [0.05, 0.1) is 19.1 Å². The average molecular weight is 463 g/mol. The van der Waals surface area contributed by atoms with E-state index in [9.17, 15) is 19.2 Å². The summed E-state index contributed by atoms with van der Waals surface area (Å²) < 4.78 is 24.6. The summed E-state index contributed by atoms with van der Waals surface area (Å²) in [7, 11) is 0. The largest absolute Gasteiger partial charge is 0.511 e. The SMILES string of the molecule is CCOC(=O)OC(C)OC(=O)C(CCCCCCCCCC(=O)O)C(C)OC(=O)OCC. The van der Waals surface area contributed by atoms with Crippen LogP contribution >= 0.6 is 0 Å². The number of carboxylic acid groups (broad SMARTS) is 1. The van der Waals surface area contributed by atoms with Gasteiger partial charge in [-0.3, -0.25) is 9.59 Å². The molecule has 186 valence electrons. The number of aliphatic carboxylic acids is 1. The average Bonchev–Trinajstić information content (AvgIpc) is 2.69. The molecule has 32 heavy (non-hydrogen) atoms. The van der Waals surface area contributed by atoms with E-state index in [4.69, 9.17) is 24.1 Å². The smallest absolute Gasteiger partial charge is 0.481 e. The third kappa shape index (κ3) is 15.3. The Bertz CT molecular complexity index is 563. The molecule has 0 spiro atoms. The third-order valence-electron chi connectivity index (χ3n) is 4.63. The Kier molecular flexibility index (Phi) is 16.7. The number of carbonyl (C=O) groups excluding carboxylic acids is 3. The second kappa shape index (κ2) is 18.1. The predicted octanol–water partition coefficient (Wildman–Crippen LogP) is 4.82. The van der Waals surface area contributed by atoms with E-state index in [1.165, 1.54) is 6.92 Å². The van der Waals surface area contributed by atoms with E-state index >= 15 is 0 Å². The van der Waals surface area contributed by atoms with Crippen LogP contribution in [0.3, 0.4) is 0 Å². The fourth-order valence-corrected chi connectivity index (χ4v) is 3.02. The Morgan fingerprint density at radius 1 is 0.719 bits per heavy atom. The lowest BCUT2D eigenvalue weighted by atomic mass is 9.95. The first-order valence-corrected chi connectivity index (χ1v) is 11.3. The summed E-state index contributed by atoms with van der Waals surface area (Å²) in [5.41, 5.74) is 0. The lowest BCUT2D eigenvalue weighted by molar-refractivity contribution is -0.176. The molecule has 0 amide bonds. The van der Waals surface area contributed by atoms with E-state index < -0.39 is 42.6 Å². The van der Waals surface area contributed by atoms with Gasteiger partial charge in [-0.1, -0.05) is 38.5 Å². The lowest BCUT2D eigenvalue weighted by Gasteiger charge is -2.24. The van der Waals surface area contributed by atoms with Gasteiger partial charge in [0.15, 0.2) is 0 Å². The quantitative estimate of drug-likeness (QED) is 0.139. The Hall–Kier alpha value is -2.52. The van der Waals surface area contributed by atoms with Crippen LogP contribution in [0, 0.1) is 5.92 Å². The highest BCUT2D eigenvalue weighted by molar-refractivity contribution is 5.74. The molecule has 0 aliphatic carbocycles. The third-order valence-corrected chi connectivity index (χ3v) is 4.63. The van der Waals surface area contributed by atoms with Gasteiger partial charge in [0, 0.05) is 13.3 Å². The highest BCUT2D eigenvalue weighted by Crippen LogP contribution is 2.21. The number of hydrogen-bond acceptors (Lipinski definition) is 9. The number of rotatable bonds is 17. The van der Waals surface area contributed by atoms with Crippen molar-refractivity contribution in [3.05, 3.63) is 0 Å². The van der Waals surface area contributed by atoms with E-state index in [2.05, 4.69) is 4.74 Å². The zero-order valence-corrected chi connectivity index (χ0v) is 19.6. The van der Waals surface area contributed by atoms with Crippen LogP contribution in [-0.4, -0.2) is 55.0 Å². The van der Waals surface area contributed by atoms with Crippen LogP contribution in [0.15, 0.2) is 0 Å². The topological polar surface area (TPSA) is 135 Å². The molecule has 10 heteroatoms. The second-order valence-corrected chi connectivity index (χ2v) is 7.33. The lowest BCUT2D eigenvalue weighted by Crippen LogP contribution is -2.34. The Morgan fingerprint density at radius 2 is 1.22 bits per heavy atom. The summed E-state index contributed by atoms with van der Waals surface area (Å²) in [6.07, 6.45) is 2.90. The van der Waals surface area contributed by atoms with Gasteiger partial charge in [0.25, 0.3) is 0 Å². The molecule has 3 atom stereocenters. The van der Waals surface area contributed by atoms with Gasteiger partial charge >= 0.3 is 24.2 Å². The van der Waals surface area contributed by atoms with Crippen LogP contribution in [0.1, 0.15) is 85.5 Å². The molecule has 3 unspecified atom stereocenters. The van der Waals surface area contributed by atoms with Crippen LogP contribution in [-0.2, 0) is 33.3 Å². The van der Waals surface area contributed by atoms with E-state index in [0.29, 0.717) is 19.3 Å². The highest BCUT2D eigenvalue weighted by atomic mass is 16.8. The molecule has 0 saturated carbocycles. The minimum atomic E-state index is -1.15. The summed E-state index contributed by atoms with van der Waals surface area (Å²) in [4.78, 5) is 46.1. The van der Waals surface area contributed by atoms with Crippen molar-refractivity contribution in [2.75, 3.05) is 13.2 Å². The molecular formula is C22H38O10. The molecule has 0 aliphatic rings. The first-order chi connectivity index (χ1) is 15.2. The fourth-order valence-electron chi connectivity index (χ4n) is 3.02. The van der Waals surface area contributed by atoms with E-state index in [1.54, 1.807) is 20.8 Å². The molecule has 10 nitrogen and oxygen atoms in total. The van der Waals surface area contributed by atoms with Crippen molar-refractivity contribution in [2.45, 2.75) is 97.9 Å². The minimum Gasteiger partial charge on any atom is -0.481 e. The van der Waals surface area contributed by atoms with Gasteiger partial charge in [0.2, 0.25) is 6.29 Å². The number of carbonyl (C=O) groups is 4. The summed E-state index contributed by atoms with van der Waals surface area (Å²) in [6.45, 7) is 6.53. The van der Waals surface area contributed by atoms with E-state index in [0.717, 1.165) is 32.1 Å². The fraction of sp³-hybridized carbons (Fsp3) is 0.818. The minimum absolute atomic E-state index is 0.131. The van der Waals surface area contributed by atoms with Crippen LogP contribution in [0.2, 0.25) is 0 Å². The first-order valence-electron chi connectivity index (χ1n) is 11.3.